The smallest absolute Gasteiger partial charge is 0.172 e. The second-order valence-electron chi connectivity index (χ2n) is 31.6. The van der Waals surface area contributed by atoms with Gasteiger partial charge in [-0.1, -0.05) is 282 Å². The predicted molar refractivity (Wildman–Crippen MR) is 471 cm³/mol. The zero-order chi connectivity index (χ0) is 74.9. The molecule has 0 saturated carbocycles. The Labute approximate surface area is 650 Å². The van der Waals surface area contributed by atoms with E-state index in [1.807, 2.05) is 85.2 Å². The highest BCUT2D eigenvalue weighted by atomic mass is 31.2. The zero-order valence-corrected chi connectivity index (χ0v) is 64.1. The number of benzene rings is 16. The van der Waals surface area contributed by atoms with Crippen LogP contribution in [0.25, 0.3) is 155 Å². The van der Waals surface area contributed by atoms with Gasteiger partial charge in [-0.15, -0.1) is 0 Å². The van der Waals surface area contributed by atoms with Crippen LogP contribution in [0.15, 0.2) is 370 Å². The van der Waals surface area contributed by atoms with Gasteiger partial charge in [0.25, 0.3) is 0 Å². The number of hydrogen-bond acceptors (Lipinski definition) is 3. The van der Waals surface area contributed by atoms with Gasteiger partial charge in [-0.05, 0) is 225 Å². The largest absolute Gasteiger partial charge is 0.309 e. The third-order valence-corrected chi connectivity index (χ3v) is 31.2. The molecule has 2 aliphatic carbocycles. The van der Waals surface area contributed by atoms with Crippen molar-refractivity contribution in [2.45, 2.75) is 38.5 Å². The number of rotatable bonds is 8. The van der Waals surface area contributed by atoms with Gasteiger partial charge < -0.3 is 18.3 Å². The molecule has 2 unspecified atom stereocenters. The molecule has 530 valence electrons. The molecule has 19 aromatic rings. The summed E-state index contributed by atoms with van der Waals surface area (Å²) in [5, 5.41) is 12.5. The molecular weight excluding hydrogens is 1400 g/mol. The monoisotopic (exact) mass is 1470 g/mol. The van der Waals surface area contributed by atoms with Crippen LogP contribution in [0, 0.1) is 0 Å². The fraction of sp³-hybridized carbons (Fsp3) is 0.0571. The van der Waals surface area contributed by atoms with Gasteiger partial charge in [-0.25, -0.2) is 0 Å². The Balaban J connectivity index is 0.000000138. The van der Waals surface area contributed by atoms with E-state index in [1.54, 1.807) is 0 Å². The van der Waals surface area contributed by atoms with Crippen molar-refractivity contribution in [3.05, 3.63) is 393 Å². The topological polar surface area (TPSA) is 56.9 Å². The summed E-state index contributed by atoms with van der Waals surface area (Å²) in [5.41, 5.74) is 31.1. The van der Waals surface area contributed by atoms with Crippen LogP contribution in [-0.4, -0.2) is 14.1 Å². The van der Waals surface area contributed by atoms with Crippen LogP contribution in [-0.2, 0) is 20.0 Å². The first kappa shape index (κ1) is 66.0. The first-order chi connectivity index (χ1) is 54.8. The SMILES string of the molecule is CC1(C)c2cc(-c3ccc(-n4c5ccccc5c5cc6c(cc54)-c4ccccc4P6(=O)c4ccccc4)cc3)ccc2-c2ccc(-c3ccc4ccccc4c3)cc21.CC1(C)c2cc(-c3ccncc3)ccc2-c2ccc(-c3ccc(-n4c5ccccc5c5cc6c(cc54)-c4ccccc4P6(=O)c4ccccc4)cc3)cc21. The van der Waals surface area contributed by atoms with Gasteiger partial charge in [0.1, 0.15) is 0 Å². The Morgan fingerprint density at radius 3 is 1.02 bits per heavy atom. The molecule has 0 saturated heterocycles. The molecule has 0 fully saturated rings. The number of nitrogens with zero attached hydrogens (tertiary/aromatic N) is 3. The standard InChI is InChI=1S/C55H38NOP.C50H35N2OP/c1-55(2)49-31-39(24-28-43(49)44-29-25-40(32-50(44)55)38-21-20-35-12-6-7-13-37(35)30-38)36-22-26-41(27-23-36)56-51-18-10-8-16-45(51)47-34-54-48(33-52(47)56)46-17-9-11-19-53(46)58(54,57)42-14-4-3-5-15-42;1-50(2)44-28-34(18-22-38(44)39-23-19-35(29-45(39)50)33-24-26-51-27-25-33)32-16-20-36(21-17-32)52-46-14-8-6-12-40(46)42-31-49-43(30-47(42)52)41-13-7-9-15-48(41)54(49,53)37-10-4-3-5-11-37/h3-34H,1-2H3;3-31H,1-2H3. The molecular formula is C105H73N3O2P2. The fourth-order valence-electron chi connectivity index (χ4n) is 19.3. The van der Waals surface area contributed by atoms with Crippen molar-refractivity contribution in [2.75, 3.05) is 0 Å². The van der Waals surface area contributed by atoms with Gasteiger partial charge in [0.2, 0.25) is 0 Å². The average molecular weight is 1470 g/mol. The maximum Gasteiger partial charge on any atom is 0.172 e. The summed E-state index contributed by atoms with van der Waals surface area (Å²) < 4.78 is 35.4. The summed E-state index contributed by atoms with van der Waals surface area (Å²) in [7, 11) is -6.11. The Morgan fingerprint density at radius 1 is 0.241 bits per heavy atom. The second-order valence-corrected chi connectivity index (χ2v) is 37.0. The van der Waals surface area contributed by atoms with Crippen LogP contribution < -0.4 is 31.8 Å². The van der Waals surface area contributed by atoms with Crippen LogP contribution >= 0.6 is 14.3 Å². The molecule has 2 aliphatic heterocycles. The van der Waals surface area contributed by atoms with Gasteiger partial charge in [0, 0.05) is 88.0 Å². The fourth-order valence-corrected chi connectivity index (χ4v) is 25.4. The first-order valence-electron chi connectivity index (χ1n) is 38.7. The molecule has 0 N–H and O–H groups in total. The van der Waals surface area contributed by atoms with E-state index in [-0.39, 0.29) is 10.8 Å². The van der Waals surface area contributed by atoms with Crippen molar-refractivity contribution in [3.8, 4) is 100 Å². The second kappa shape index (κ2) is 24.7. The van der Waals surface area contributed by atoms with E-state index < -0.39 is 14.3 Å². The molecule has 4 aliphatic rings. The number of fused-ring (bicyclic) bond motifs is 19. The summed E-state index contributed by atoms with van der Waals surface area (Å²) in [4.78, 5) is 4.21. The van der Waals surface area contributed by atoms with Gasteiger partial charge in [-0.3, -0.25) is 4.98 Å². The Bertz CT molecular complexity index is 7290. The van der Waals surface area contributed by atoms with E-state index in [0.717, 1.165) is 109 Å². The minimum Gasteiger partial charge on any atom is -0.309 e. The van der Waals surface area contributed by atoms with Crippen LogP contribution in [0.1, 0.15) is 49.9 Å². The third-order valence-electron chi connectivity index (χ3n) is 24.9. The highest BCUT2D eigenvalue weighted by molar-refractivity contribution is 7.87. The molecule has 0 spiro atoms. The maximum absolute atomic E-state index is 15.4. The lowest BCUT2D eigenvalue weighted by Gasteiger charge is -2.22. The molecule has 23 rings (SSSR count). The number of hydrogen-bond donors (Lipinski definition) is 0. The molecule has 7 heteroatoms. The van der Waals surface area contributed by atoms with E-state index in [1.165, 1.54) is 99.8 Å². The summed E-state index contributed by atoms with van der Waals surface area (Å²) in [6, 6.07) is 128. The van der Waals surface area contributed by atoms with Gasteiger partial charge in [-0.2, -0.15) is 0 Å². The van der Waals surface area contributed by atoms with Crippen molar-refractivity contribution in [1.82, 2.24) is 14.1 Å². The molecule has 112 heavy (non-hydrogen) atoms. The summed E-state index contributed by atoms with van der Waals surface area (Å²) in [5.74, 6) is 0. The number of pyridine rings is 1. The zero-order valence-electron chi connectivity index (χ0n) is 62.3. The van der Waals surface area contributed by atoms with E-state index >= 15 is 9.13 Å². The molecule has 5 heterocycles. The lowest BCUT2D eigenvalue weighted by molar-refractivity contribution is 0.592. The van der Waals surface area contributed by atoms with Crippen LogP contribution in [0.5, 0.6) is 0 Å². The van der Waals surface area contributed by atoms with E-state index in [4.69, 9.17) is 0 Å². The predicted octanol–water partition coefficient (Wildman–Crippen LogP) is 24.6. The van der Waals surface area contributed by atoms with Gasteiger partial charge in [0.05, 0.1) is 22.1 Å². The van der Waals surface area contributed by atoms with E-state index in [9.17, 15) is 0 Å². The lowest BCUT2D eigenvalue weighted by atomic mass is 9.81. The van der Waals surface area contributed by atoms with Crippen molar-refractivity contribution in [2.24, 2.45) is 0 Å². The van der Waals surface area contributed by atoms with E-state index in [0.29, 0.717) is 0 Å². The molecule has 16 aromatic carbocycles. The van der Waals surface area contributed by atoms with Crippen LogP contribution in [0.3, 0.4) is 0 Å². The molecule has 2 atom stereocenters. The summed E-state index contributed by atoms with van der Waals surface area (Å²) in [6.45, 7) is 9.42. The molecule has 3 aromatic heterocycles. The maximum atomic E-state index is 15.4. The Hall–Kier alpha value is -13.0. The van der Waals surface area contributed by atoms with Crippen molar-refractivity contribution < 1.29 is 9.13 Å². The highest BCUT2D eigenvalue weighted by Gasteiger charge is 2.44. The highest BCUT2D eigenvalue weighted by Crippen LogP contribution is 2.57. The summed E-state index contributed by atoms with van der Waals surface area (Å²) >= 11 is 0. The Kier molecular flexibility index (Phi) is 14.6. The number of aromatic nitrogens is 3. The third kappa shape index (κ3) is 9.73. The molecule has 0 radical (unpaired) electrons. The van der Waals surface area contributed by atoms with Crippen molar-refractivity contribution in [1.29, 1.82) is 0 Å². The number of para-hydroxylation sites is 2. The van der Waals surface area contributed by atoms with Crippen LogP contribution in [0.2, 0.25) is 0 Å². The first-order valence-corrected chi connectivity index (χ1v) is 42.1. The quantitative estimate of drug-likeness (QED) is 0.142. The normalized spacial score (nSPS) is 16.1. The molecule has 5 nitrogen and oxygen atoms in total. The minimum absolute atomic E-state index is 0.129. The van der Waals surface area contributed by atoms with Gasteiger partial charge >= 0.3 is 0 Å². The van der Waals surface area contributed by atoms with E-state index in [2.05, 4.69) is 327 Å². The summed E-state index contributed by atoms with van der Waals surface area (Å²) in [6.07, 6.45) is 3.72. The van der Waals surface area contributed by atoms with Crippen LogP contribution in [0.4, 0.5) is 0 Å². The van der Waals surface area contributed by atoms with Crippen molar-refractivity contribution >= 4 is 100 Å². The molecule has 0 amide bonds. The van der Waals surface area contributed by atoms with Crippen molar-refractivity contribution in [3.63, 3.8) is 0 Å². The average Bonchev–Trinajstić information content (AvgIpc) is 1.56. The lowest BCUT2D eigenvalue weighted by Crippen LogP contribution is -2.20. The molecule has 0 bridgehead atoms. The van der Waals surface area contributed by atoms with Gasteiger partial charge in [0.15, 0.2) is 14.3 Å². The Morgan fingerprint density at radius 2 is 0.580 bits per heavy atom. The minimum atomic E-state index is -3.06.